The number of hydrogen-bond donors (Lipinski definition) is 1. The number of rotatable bonds is 4. The van der Waals surface area contributed by atoms with Gasteiger partial charge in [0.15, 0.2) is 5.76 Å². The van der Waals surface area contributed by atoms with Crippen LogP contribution in [-0.2, 0) is 6.42 Å². The molecular formula is C20H16N4O. The van der Waals surface area contributed by atoms with E-state index in [0.29, 0.717) is 18.0 Å². The van der Waals surface area contributed by atoms with Gasteiger partial charge in [-0.2, -0.15) is 0 Å². The van der Waals surface area contributed by atoms with E-state index in [2.05, 4.69) is 39.4 Å². The second kappa shape index (κ2) is 6.57. The van der Waals surface area contributed by atoms with E-state index in [1.54, 1.807) is 18.6 Å². The summed E-state index contributed by atoms with van der Waals surface area (Å²) in [6.45, 7) is 0. The summed E-state index contributed by atoms with van der Waals surface area (Å²) >= 11 is 0. The molecular weight excluding hydrogens is 312 g/mol. The second-order valence-electron chi connectivity index (χ2n) is 5.73. The van der Waals surface area contributed by atoms with Crippen molar-refractivity contribution >= 4 is 5.82 Å². The van der Waals surface area contributed by atoms with Crippen molar-refractivity contribution in [2.24, 2.45) is 0 Å². The minimum atomic E-state index is 0.437. The molecule has 4 aromatic rings. The van der Waals surface area contributed by atoms with Gasteiger partial charge in [0.2, 0.25) is 0 Å². The van der Waals surface area contributed by atoms with Crippen molar-refractivity contribution < 1.29 is 4.52 Å². The van der Waals surface area contributed by atoms with Crippen LogP contribution in [0.2, 0.25) is 0 Å². The third-order valence-corrected chi connectivity index (χ3v) is 4.02. The SMILES string of the molecule is Nc1ncccc1-c1cc(Cc2ccc(-c3ccncc3)cc2)no1. The molecule has 5 heteroatoms. The molecule has 0 aliphatic heterocycles. The number of pyridine rings is 2. The molecule has 0 fully saturated rings. The van der Waals surface area contributed by atoms with Gasteiger partial charge in [-0.3, -0.25) is 4.98 Å². The highest BCUT2D eigenvalue weighted by Crippen LogP contribution is 2.25. The molecule has 0 bridgehead atoms. The van der Waals surface area contributed by atoms with Crippen LogP contribution in [0.4, 0.5) is 5.82 Å². The van der Waals surface area contributed by atoms with Gasteiger partial charge >= 0.3 is 0 Å². The Balaban J connectivity index is 1.52. The van der Waals surface area contributed by atoms with E-state index < -0.39 is 0 Å². The topological polar surface area (TPSA) is 77.8 Å². The molecule has 0 aliphatic carbocycles. The van der Waals surface area contributed by atoms with Gasteiger partial charge in [0.25, 0.3) is 0 Å². The zero-order valence-corrected chi connectivity index (χ0v) is 13.5. The van der Waals surface area contributed by atoms with Gasteiger partial charge in [-0.05, 0) is 41.0 Å². The molecule has 5 nitrogen and oxygen atoms in total. The van der Waals surface area contributed by atoms with Crippen molar-refractivity contribution in [2.75, 3.05) is 5.73 Å². The number of nitrogen functional groups attached to an aromatic ring is 1. The first-order chi connectivity index (χ1) is 12.3. The molecule has 0 aliphatic rings. The van der Waals surface area contributed by atoms with Crippen molar-refractivity contribution in [3.63, 3.8) is 0 Å². The lowest BCUT2D eigenvalue weighted by Gasteiger charge is -2.03. The average molecular weight is 328 g/mol. The standard InChI is InChI=1S/C20H16N4O/c21-20-18(2-1-9-23-20)19-13-17(24-25-19)12-14-3-5-15(6-4-14)16-7-10-22-11-8-16/h1-11,13H,12H2,(H2,21,23). The van der Waals surface area contributed by atoms with Crippen molar-refractivity contribution in [1.82, 2.24) is 15.1 Å². The smallest absolute Gasteiger partial charge is 0.170 e. The summed E-state index contributed by atoms with van der Waals surface area (Å²) < 4.78 is 5.42. The quantitative estimate of drug-likeness (QED) is 0.613. The summed E-state index contributed by atoms with van der Waals surface area (Å²) in [7, 11) is 0. The van der Waals surface area contributed by atoms with Crippen LogP contribution in [-0.4, -0.2) is 15.1 Å². The van der Waals surface area contributed by atoms with Crippen molar-refractivity contribution in [3.05, 3.63) is 84.4 Å². The van der Waals surface area contributed by atoms with Crippen LogP contribution < -0.4 is 5.73 Å². The molecule has 25 heavy (non-hydrogen) atoms. The van der Waals surface area contributed by atoms with Crippen molar-refractivity contribution in [3.8, 4) is 22.5 Å². The van der Waals surface area contributed by atoms with Crippen LogP contribution in [0.5, 0.6) is 0 Å². The van der Waals surface area contributed by atoms with Crippen LogP contribution in [0, 0.1) is 0 Å². The highest BCUT2D eigenvalue weighted by atomic mass is 16.5. The fourth-order valence-corrected chi connectivity index (χ4v) is 2.72. The Morgan fingerprint density at radius 3 is 2.40 bits per heavy atom. The van der Waals surface area contributed by atoms with E-state index in [-0.39, 0.29) is 0 Å². The van der Waals surface area contributed by atoms with Crippen LogP contribution in [0.15, 0.2) is 77.7 Å². The molecule has 4 rings (SSSR count). The Hall–Kier alpha value is -3.47. The van der Waals surface area contributed by atoms with Crippen LogP contribution >= 0.6 is 0 Å². The Labute approximate surface area is 145 Å². The van der Waals surface area contributed by atoms with Crippen LogP contribution in [0.1, 0.15) is 11.3 Å². The Bertz CT molecular complexity index is 978. The van der Waals surface area contributed by atoms with Gasteiger partial charge in [0.1, 0.15) is 5.82 Å². The van der Waals surface area contributed by atoms with Gasteiger partial charge < -0.3 is 10.3 Å². The van der Waals surface area contributed by atoms with Gasteiger partial charge in [-0.1, -0.05) is 29.4 Å². The van der Waals surface area contributed by atoms with E-state index in [0.717, 1.165) is 27.9 Å². The van der Waals surface area contributed by atoms with Crippen LogP contribution in [0.25, 0.3) is 22.5 Å². The number of aromatic nitrogens is 3. The minimum absolute atomic E-state index is 0.437. The highest BCUT2D eigenvalue weighted by molar-refractivity contribution is 5.69. The fourth-order valence-electron chi connectivity index (χ4n) is 2.72. The lowest BCUT2D eigenvalue weighted by Crippen LogP contribution is -1.91. The van der Waals surface area contributed by atoms with Crippen LogP contribution in [0.3, 0.4) is 0 Å². The number of nitrogens with zero attached hydrogens (tertiary/aromatic N) is 3. The first-order valence-electron chi connectivity index (χ1n) is 7.95. The molecule has 2 N–H and O–H groups in total. The molecule has 3 heterocycles. The predicted octanol–water partition coefficient (Wildman–Crippen LogP) is 3.97. The molecule has 0 spiro atoms. The van der Waals surface area contributed by atoms with E-state index in [1.807, 2.05) is 30.3 Å². The van der Waals surface area contributed by atoms with Gasteiger partial charge in [0.05, 0.1) is 11.3 Å². The second-order valence-corrected chi connectivity index (χ2v) is 5.73. The zero-order valence-electron chi connectivity index (χ0n) is 13.5. The summed E-state index contributed by atoms with van der Waals surface area (Å²) in [6.07, 6.45) is 5.94. The first-order valence-corrected chi connectivity index (χ1v) is 7.95. The lowest BCUT2D eigenvalue weighted by atomic mass is 10.0. The maximum absolute atomic E-state index is 5.88. The monoisotopic (exact) mass is 328 g/mol. The summed E-state index contributed by atoms with van der Waals surface area (Å²) in [5, 5.41) is 4.14. The molecule has 3 aromatic heterocycles. The van der Waals surface area contributed by atoms with Gasteiger partial charge in [0, 0.05) is 31.1 Å². The van der Waals surface area contributed by atoms with E-state index in [9.17, 15) is 0 Å². The van der Waals surface area contributed by atoms with E-state index in [4.69, 9.17) is 10.3 Å². The number of anilines is 1. The third kappa shape index (κ3) is 3.26. The van der Waals surface area contributed by atoms with Crippen molar-refractivity contribution in [1.29, 1.82) is 0 Å². The number of hydrogen-bond acceptors (Lipinski definition) is 5. The van der Waals surface area contributed by atoms with E-state index >= 15 is 0 Å². The maximum atomic E-state index is 5.88. The first kappa shape index (κ1) is 15.1. The summed E-state index contributed by atoms with van der Waals surface area (Å²) in [6, 6.07) is 18.0. The number of benzene rings is 1. The lowest BCUT2D eigenvalue weighted by molar-refractivity contribution is 0.425. The molecule has 122 valence electrons. The third-order valence-electron chi connectivity index (χ3n) is 4.02. The van der Waals surface area contributed by atoms with Gasteiger partial charge in [-0.25, -0.2) is 4.98 Å². The molecule has 0 atom stereocenters. The summed E-state index contributed by atoms with van der Waals surface area (Å²) in [5.41, 5.74) is 11.0. The normalized spacial score (nSPS) is 10.7. The highest BCUT2D eigenvalue weighted by Gasteiger charge is 2.10. The largest absolute Gasteiger partial charge is 0.383 e. The minimum Gasteiger partial charge on any atom is -0.383 e. The molecule has 1 aromatic carbocycles. The maximum Gasteiger partial charge on any atom is 0.170 e. The van der Waals surface area contributed by atoms with Crippen molar-refractivity contribution in [2.45, 2.75) is 6.42 Å². The summed E-state index contributed by atoms with van der Waals surface area (Å²) in [4.78, 5) is 8.12. The van der Waals surface area contributed by atoms with E-state index in [1.165, 1.54) is 0 Å². The Kier molecular flexibility index (Phi) is 3.96. The van der Waals surface area contributed by atoms with Gasteiger partial charge in [-0.15, -0.1) is 0 Å². The molecule has 0 saturated carbocycles. The average Bonchev–Trinajstić information content (AvgIpc) is 3.12. The zero-order chi connectivity index (χ0) is 17.1. The summed E-state index contributed by atoms with van der Waals surface area (Å²) in [5.74, 6) is 1.07. The Morgan fingerprint density at radius 1 is 0.880 bits per heavy atom. The predicted molar refractivity (Wildman–Crippen MR) is 96.6 cm³/mol. The molecule has 0 amide bonds. The molecule has 0 radical (unpaired) electrons. The Morgan fingerprint density at radius 2 is 1.64 bits per heavy atom. The molecule has 0 unspecified atom stereocenters. The molecule has 0 saturated heterocycles. The fraction of sp³-hybridized carbons (Fsp3) is 0.0500. The number of nitrogens with two attached hydrogens (primary N) is 1.